The summed E-state index contributed by atoms with van der Waals surface area (Å²) in [6.07, 6.45) is 0. The van der Waals surface area contributed by atoms with E-state index in [-0.39, 0.29) is 17.3 Å². The van der Waals surface area contributed by atoms with Crippen LogP contribution in [0, 0.1) is 0 Å². The molecule has 0 saturated carbocycles. The van der Waals surface area contributed by atoms with Crippen molar-refractivity contribution >= 4 is 22.4 Å². The molecule has 8 nitrogen and oxygen atoms in total. The van der Waals surface area contributed by atoms with Gasteiger partial charge < -0.3 is 15.6 Å². The van der Waals surface area contributed by atoms with Crippen molar-refractivity contribution < 1.29 is 12.9 Å². The molecular weight excluding hydrogens is 366 g/mol. The van der Waals surface area contributed by atoms with Crippen LogP contribution in [0.4, 0.5) is 0 Å². The summed E-state index contributed by atoms with van der Waals surface area (Å²) in [6.45, 7) is 7.39. The normalized spacial score (nSPS) is 12.8. The zero-order valence-electron chi connectivity index (χ0n) is 15.9. The molecule has 0 amide bonds. The molecule has 146 valence electrons. The number of benzene rings is 1. The molecule has 0 saturated heterocycles. The van der Waals surface area contributed by atoms with Crippen LogP contribution < -0.4 is 11.1 Å². The van der Waals surface area contributed by atoms with Crippen LogP contribution in [0.2, 0.25) is 0 Å². The molecule has 1 aromatic heterocycles. The maximum Gasteiger partial charge on any atom is 0.238 e. The van der Waals surface area contributed by atoms with Gasteiger partial charge >= 0.3 is 0 Å². The third-order valence-corrected chi connectivity index (χ3v) is 6.24. The average Bonchev–Trinajstić information content (AvgIpc) is 3.12. The number of nitrogens with one attached hydrogen (secondary N) is 1. The summed E-state index contributed by atoms with van der Waals surface area (Å²) in [6, 6.07) is 9.48. The molecule has 0 aliphatic rings. The molecule has 27 heavy (non-hydrogen) atoms. The van der Waals surface area contributed by atoms with Crippen molar-refractivity contribution in [2.45, 2.75) is 25.6 Å². The van der Waals surface area contributed by atoms with Crippen molar-refractivity contribution in [2.24, 2.45) is 10.7 Å². The Morgan fingerprint density at radius 3 is 2.52 bits per heavy atom. The van der Waals surface area contributed by atoms with Crippen LogP contribution >= 0.6 is 0 Å². The van der Waals surface area contributed by atoms with Gasteiger partial charge in [0.25, 0.3) is 0 Å². The average molecular weight is 391 g/mol. The topological polar surface area (TPSA) is 114 Å². The van der Waals surface area contributed by atoms with Crippen molar-refractivity contribution in [1.29, 1.82) is 0 Å². The zero-order chi connectivity index (χ0) is 20.2. The molecule has 0 aliphatic heterocycles. The number of hydrogen-bond donors (Lipinski definition) is 2. The van der Waals surface area contributed by atoms with Crippen LogP contribution in [0.1, 0.15) is 25.2 Å². The Kier molecular flexibility index (Phi) is 6.40. The minimum Gasteiger partial charge on any atom is -0.383 e. The van der Waals surface area contributed by atoms with Gasteiger partial charge in [-0.2, -0.15) is 0 Å². The summed E-state index contributed by atoms with van der Waals surface area (Å²) in [5, 5.41) is 6.49. The molecule has 0 aliphatic carbocycles. The van der Waals surface area contributed by atoms with Crippen molar-refractivity contribution in [3.8, 4) is 11.3 Å². The van der Waals surface area contributed by atoms with E-state index in [4.69, 9.17) is 10.3 Å². The smallest absolute Gasteiger partial charge is 0.238 e. The van der Waals surface area contributed by atoms with Crippen LogP contribution in [-0.4, -0.2) is 43.9 Å². The molecule has 1 heterocycles. The monoisotopic (exact) mass is 391 g/mol. The first kappa shape index (κ1) is 20.7. The third kappa shape index (κ3) is 4.37. The lowest BCUT2D eigenvalue weighted by atomic mass is 10.1. The SMILES string of the molecule is C=N/C(=C(/N)N(C)S(=O)(=O)C(C)C)c1cc(-c2ccc(CNC)cc2)no1. The number of aromatic nitrogens is 1. The predicted molar refractivity (Wildman–Crippen MR) is 107 cm³/mol. The van der Waals surface area contributed by atoms with Gasteiger partial charge in [-0.3, -0.25) is 9.30 Å². The van der Waals surface area contributed by atoms with E-state index in [1.54, 1.807) is 19.9 Å². The molecular formula is C18H25N5O3S. The summed E-state index contributed by atoms with van der Waals surface area (Å²) in [7, 11) is -0.348. The minimum absolute atomic E-state index is 0.0780. The summed E-state index contributed by atoms with van der Waals surface area (Å²) in [4.78, 5) is 3.85. The maximum absolute atomic E-state index is 12.3. The molecule has 0 spiro atoms. The molecule has 0 fully saturated rings. The highest BCUT2D eigenvalue weighted by atomic mass is 32.2. The third-order valence-electron chi connectivity index (χ3n) is 4.09. The van der Waals surface area contributed by atoms with E-state index >= 15 is 0 Å². The standard InChI is InChI=1S/C18H25N5O3S/c1-12(2)27(24,25)23(5)18(19)17(21-4)16-10-15(22-26-16)14-8-6-13(7-9-14)11-20-3/h6-10,12,20H,4,11,19H2,1-3,5H3/b18-17-. The molecule has 2 aromatic rings. The Labute approximate surface area is 159 Å². The van der Waals surface area contributed by atoms with Gasteiger partial charge in [-0.25, -0.2) is 8.42 Å². The minimum atomic E-state index is -3.60. The number of sulfonamides is 1. The molecule has 0 unspecified atom stereocenters. The van der Waals surface area contributed by atoms with E-state index in [0.717, 1.165) is 22.0 Å². The van der Waals surface area contributed by atoms with E-state index in [0.29, 0.717) is 5.69 Å². The fourth-order valence-electron chi connectivity index (χ4n) is 2.41. The first-order valence-electron chi connectivity index (χ1n) is 8.37. The lowest BCUT2D eigenvalue weighted by molar-refractivity contribution is 0.410. The van der Waals surface area contributed by atoms with Crippen molar-refractivity contribution in [3.05, 3.63) is 47.5 Å². The van der Waals surface area contributed by atoms with E-state index in [1.165, 1.54) is 7.05 Å². The molecule has 0 bridgehead atoms. The highest BCUT2D eigenvalue weighted by molar-refractivity contribution is 7.89. The highest BCUT2D eigenvalue weighted by Crippen LogP contribution is 2.26. The maximum atomic E-state index is 12.3. The van der Waals surface area contributed by atoms with E-state index in [2.05, 4.69) is 22.2 Å². The Bertz CT molecular complexity index is 930. The number of nitrogens with two attached hydrogens (primary N) is 1. The summed E-state index contributed by atoms with van der Waals surface area (Å²) in [5.74, 6) is 0.161. The fourth-order valence-corrected chi connectivity index (χ4v) is 3.40. The van der Waals surface area contributed by atoms with Crippen LogP contribution in [-0.2, 0) is 16.6 Å². The van der Waals surface area contributed by atoms with Gasteiger partial charge in [0, 0.05) is 25.2 Å². The lowest BCUT2D eigenvalue weighted by Gasteiger charge is -2.22. The summed E-state index contributed by atoms with van der Waals surface area (Å²) < 4.78 is 31.0. The Balaban J connectivity index is 2.38. The lowest BCUT2D eigenvalue weighted by Crippen LogP contribution is -2.36. The van der Waals surface area contributed by atoms with Gasteiger partial charge in [-0.1, -0.05) is 29.4 Å². The molecule has 0 radical (unpaired) electrons. The highest BCUT2D eigenvalue weighted by Gasteiger charge is 2.26. The zero-order valence-corrected chi connectivity index (χ0v) is 16.7. The molecule has 0 atom stereocenters. The fraction of sp³-hybridized carbons (Fsp3) is 0.333. The van der Waals surface area contributed by atoms with Gasteiger partial charge in [0.1, 0.15) is 17.2 Å². The summed E-state index contributed by atoms with van der Waals surface area (Å²) in [5.41, 5.74) is 8.73. The largest absolute Gasteiger partial charge is 0.383 e. The van der Waals surface area contributed by atoms with Crippen molar-refractivity contribution in [2.75, 3.05) is 14.1 Å². The van der Waals surface area contributed by atoms with Crippen LogP contribution in [0.3, 0.4) is 0 Å². The second-order valence-electron chi connectivity index (χ2n) is 6.26. The number of hydrogen-bond acceptors (Lipinski definition) is 7. The number of rotatable bonds is 8. The summed E-state index contributed by atoms with van der Waals surface area (Å²) >= 11 is 0. The van der Waals surface area contributed by atoms with E-state index < -0.39 is 15.3 Å². The Hall–Kier alpha value is -2.65. The first-order chi connectivity index (χ1) is 12.7. The number of aliphatic imine (C=N–C) groups is 1. The van der Waals surface area contributed by atoms with Gasteiger partial charge in [0.2, 0.25) is 10.0 Å². The van der Waals surface area contributed by atoms with Crippen molar-refractivity contribution in [1.82, 2.24) is 14.8 Å². The first-order valence-corrected chi connectivity index (χ1v) is 9.87. The van der Waals surface area contributed by atoms with Crippen LogP contribution in [0.25, 0.3) is 17.0 Å². The van der Waals surface area contributed by atoms with Gasteiger partial charge in [-0.05, 0) is 33.2 Å². The van der Waals surface area contributed by atoms with E-state index in [1.807, 2.05) is 31.3 Å². The Morgan fingerprint density at radius 1 is 1.37 bits per heavy atom. The van der Waals surface area contributed by atoms with E-state index in [9.17, 15) is 8.42 Å². The van der Waals surface area contributed by atoms with Crippen LogP contribution in [0.5, 0.6) is 0 Å². The molecule has 9 heteroatoms. The second-order valence-corrected chi connectivity index (χ2v) is 8.78. The second kappa shape index (κ2) is 8.36. The van der Waals surface area contributed by atoms with Crippen LogP contribution in [0.15, 0.2) is 45.7 Å². The molecule has 1 aromatic carbocycles. The van der Waals surface area contributed by atoms with Gasteiger partial charge in [-0.15, -0.1) is 0 Å². The van der Waals surface area contributed by atoms with Crippen molar-refractivity contribution in [3.63, 3.8) is 0 Å². The van der Waals surface area contributed by atoms with Gasteiger partial charge in [0.15, 0.2) is 5.76 Å². The Morgan fingerprint density at radius 2 is 2.00 bits per heavy atom. The molecule has 3 N–H and O–H groups in total. The number of nitrogens with zero attached hydrogens (tertiary/aromatic N) is 3. The predicted octanol–water partition coefficient (Wildman–Crippen LogP) is 2.02. The van der Waals surface area contributed by atoms with Gasteiger partial charge in [0.05, 0.1) is 5.25 Å². The quantitative estimate of drug-likeness (QED) is 0.666. The molecule has 2 rings (SSSR count).